The van der Waals surface area contributed by atoms with Crippen molar-refractivity contribution in [2.45, 2.75) is 6.04 Å². The lowest BCUT2D eigenvalue weighted by atomic mass is 10.0. The maximum atomic E-state index is 5.44. The van der Waals surface area contributed by atoms with Gasteiger partial charge in [-0.15, -0.1) is 0 Å². The molecule has 1 unspecified atom stereocenters. The van der Waals surface area contributed by atoms with Crippen LogP contribution < -0.4 is 5.32 Å². The van der Waals surface area contributed by atoms with Crippen LogP contribution in [0.2, 0.25) is 0 Å². The molecule has 8 heteroatoms. The third kappa shape index (κ3) is 2.64. The second-order valence-electron chi connectivity index (χ2n) is 6.36. The maximum absolute atomic E-state index is 5.44. The van der Waals surface area contributed by atoms with Crippen molar-refractivity contribution in [3.8, 4) is 11.3 Å². The van der Waals surface area contributed by atoms with E-state index in [4.69, 9.17) is 4.74 Å². The zero-order valence-corrected chi connectivity index (χ0v) is 14.1. The van der Waals surface area contributed by atoms with E-state index in [2.05, 4.69) is 47.7 Å². The lowest BCUT2D eigenvalue weighted by molar-refractivity contribution is 0.0513. The van der Waals surface area contributed by atoms with Crippen LogP contribution >= 0.6 is 0 Å². The van der Waals surface area contributed by atoms with E-state index in [1.165, 1.54) is 0 Å². The molecule has 0 aliphatic carbocycles. The number of ether oxygens (including phenoxy) is 1. The van der Waals surface area contributed by atoms with Crippen molar-refractivity contribution in [3.05, 3.63) is 48.1 Å². The topological polar surface area (TPSA) is 94.2 Å². The van der Waals surface area contributed by atoms with Crippen molar-refractivity contribution < 1.29 is 4.74 Å². The summed E-state index contributed by atoms with van der Waals surface area (Å²) in [7, 11) is 0. The Hall–Kier alpha value is -3.13. The molecule has 0 bridgehead atoms. The number of nitrogens with one attached hydrogen (secondary N) is 3. The fourth-order valence-corrected chi connectivity index (χ4v) is 3.42. The molecule has 0 spiro atoms. The molecule has 0 radical (unpaired) electrons. The standard InChI is InChI=1S/C18H19N7O/c1-2-15-13(9-12(1)14-3-4-21-22-14)18(24-23-15)16-10-17(20-11-19-16)25-5-7-26-8-6-25/h1-4,9-11,16H,5-8H2,(H,19,20)(H,21,22)(H,23,24). The van der Waals surface area contributed by atoms with E-state index in [1.54, 1.807) is 12.5 Å². The average molecular weight is 349 g/mol. The molecule has 1 atom stereocenters. The van der Waals surface area contributed by atoms with Gasteiger partial charge in [-0.25, -0.2) is 0 Å². The Morgan fingerprint density at radius 1 is 1.12 bits per heavy atom. The van der Waals surface area contributed by atoms with Crippen molar-refractivity contribution in [2.75, 3.05) is 26.3 Å². The largest absolute Gasteiger partial charge is 0.378 e. The number of morpholine rings is 1. The zero-order chi connectivity index (χ0) is 17.3. The number of H-pyrrole nitrogens is 2. The molecule has 132 valence electrons. The average Bonchev–Trinajstić information content (AvgIpc) is 3.38. The van der Waals surface area contributed by atoms with Crippen LogP contribution in [0, 0.1) is 0 Å². The van der Waals surface area contributed by atoms with Gasteiger partial charge in [-0.3, -0.25) is 15.2 Å². The number of aromatic nitrogens is 4. The summed E-state index contributed by atoms with van der Waals surface area (Å²) in [5, 5.41) is 19.0. The van der Waals surface area contributed by atoms with E-state index in [0.29, 0.717) is 0 Å². The molecule has 1 aromatic carbocycles. The first-order chi connectivity index (χ1) is 12.9. The van der Waals surface area contributed by atoms with Gasteiger partial charge in [0.1, 0.15) is 11.9 Å². The highest BCUT2D eigenvalue weighted by Gasteiger charge is 2.21. The van der Waals surface area contributed by atoms with Crippen molar-refractivity contribution in [3.63, 3.8) is 0 Å². The molecule has 8 nitrogen and oxygen atoms in total. The van der Waals surface area contributed by atoms with Crippen molar-refractivity contribution in [2.24, 2.45) is 4.99 Å². The molecular formula is C18H19N7O. The fraction of sp³-hybridized carbons (Fsp3) is 0.278. The Labute approximate surface area is 150 Å². The van der Waals surface area contributed by atoms with Gasteiger partial charge in [-0.1, -0.05) is 6.07 Å². The second-order valence-corrected chi connectivity index (χ2v) is 6.36. The molecule has 3 N–H and O–H groups in total. The van der Waals surface area contributed by atoms with Crippen LogP contribution in [0.1, 0.15) is 11.7 Å². The Morgan fingerprint density at radius 2 is 2.04 bits per heavy atom. The zero-order valence-electron chi connectivity index (χ0n) is 14.1. The number of aliphatic imine (C=N–C) groups is 1. The van der Waals surface area contributed by atoms with Crippen LogP contribution in [0.4, 0.5) is 0 Å². The first-order valence-electron chi connectivity index (χ1n) is 8.69. The van der Waals surface area contributed by atoms with E-state index in [9.17, 15) is 0 Å². The number of fused-ring (bicyclic) bond motifs is 1. The normalized spacial score (nSPS) is 20.2. The monoisotopic (exact) mass is 349 g/mol. The molecule has 26 heavy (non-hydrogen) atoms. The number of nitrogens with zero attached hydrogens (tertiary/aromatic N) is 4. The predicted octanol–water partition coefficient (Wildman–Crippen LogP) is 1.80. The summed E-state index contributed by atoms with van der Waals surface area (Å²) < 4.78 is 5.44. The van der Waals surface area contributed by atoms with Gasteiger partial charge >= 0.3 is 0 Å². The maximum Gasteiger partial charge on any atom is 0.116 e. The van der Waals surface area contributed by atoms with Crippen LogP contribution in [0.15, 0.2) is 47.4 Å². The van der Waals surface area contributed by atoms with E-state index in [-0.39, 0.29) is 6.04 Å². The summed E-state index contributed by atoms with van der Waals surface area (Å²) in [5.41, 5.74) is 3.98. The van der Waals surface area contributed by atoms with Gasteiger partial charge < -0.3 is 15.0 Å². The van der Waals surface area contributed by atoms with Gasteiger partial charge in [0.15, 0.2) is 0 Å². The number of rotatable bonds is 3. The van der Waals surface area contributed by atoms with Crippen LogP contribution in [-0.2, 0) is 4.74 Å². The van der Waals surface area contributed by atoms with Crippen LogP contribution in [0.5, 0.6) is 0 Å². The molecule has 3 aromatic rings. The van der Waals surface area contributed by atoms with E-state index >= 15 is 0 Å². The lowest BCUT2D eigenvalue weighted by Gasteiger charge is -2.32. The van der Waals surface area contributed by atoms with Gasteiger partial charge in [-0.2, -0.15) is 10.2 Å². The third-order valence-corrected chi connectivity index (χ3v) is 4.81. The van der Waals surface area contributed by atoms with Crippen molar-refractivity contribution in [1.82, 2.24) is 30.6 Å². The van der Waals surface area contributed by atoms with Gasteiger partial charge in [-0.05, 0) is 24.3 Å². The van der Waals surface area contributed by atoms with Gasteiger partial charge in [0.2, 0.25) is 0 Å². The summed E-state index contributed by atoms with van der Waals surface area (Å²) in [5.74, 6) is 1.07. The van der Waals surface area contributed by atoms with Crippen molar-refractivity contribution in [1.29, 1.82) is 0 Å². The summed E-state index contributed by atoms with van der Waals surface area (Å²) >= 11 is 0. The Morgan fingerprint density at radius 3 is 2.88 bits per heavy atom. The lowest BCUT2D eigenvalue weighted by Crippen LogP contribution is -2.41. The minimum Gasteiger partial charge on any atom is -0.378 e. The Balaban J connectivity index is 1.51. The predicted molar refractivity (Wildman–Crippen MR) is 98.5 cm³/mol. The summed E-state index contributed by atoms with van der Waals surface area (Å²) in [4.78, 5) is 6.89. The Bertz CT molecular complexity index is 967. The second kappa shape index (κ2) is 6.30. The molecule has 2 aliphatic rings. The minimum absolute atomic E-state index is 0.101. The smallest absolute Gasteiger partial charge is 0.116 e. The van der Waals surface area contributed by atoms with Gasteiger partial charge in [0.25, 0.3) is 0 Å². The van der Waals surface area contributed by atoms with Gasteiger partial charge in [0.05, 0.1) is 36.5 Å². The van der Waals surface area contributed by atoms with E-state index < -0.39 is 0 Å². The van der Waals surface area contributed by atoms with E-state index in [0.717, 1.165) is 60.0 Å². The molecule has 0 amide bonds. The third-order valence-electron chi connectivity index (χ3n) is 4.81. The number of aromatic amines is 2. The molecule has 4 heterocycles. The molecule has 1 fully saturated rings. The minimum atomic E-state index is -0.101. The molecule has 2 aliphatic heterocycles. The molecule has 5 rings (SSSR count). The van der Waals surface area contributed by atoms with Gasteiger partial charge in [0, 0.05) is 30.2 Å². The Kier molecular flexibility index (Phi) is 3.67. The summed E-state index contributed by atoms with van der Waals surface area (Å²) in [6.07, 6.45) is 5.66. The van der Waals surface area contributed by atoms with Crippen LogP contribution in [-0.4, -0.2) is 57.9 Å². The molecule has 1 saturated heterocycles. The quantitative estimate of drug-likeness (QED) is 0.670. The number of benzene rings is 1. The summed E-state index contributed by atoms with van der Waals surface area (Å²) in [6, 6.07) is 8.04. The summed E-state index contributed by atoms with van der Waals surface area (Å²) in [6.45, 7) is 3.27. The number of hydrogen-bond acceptors (Lipinski definition) is 6. The highest BCUT2D eigenvalue weighted by molar-refractivity contribution is 5.87. The van der Waals surface area contributed by atoms with E-state index in [1.807, 2.05) is 18.2 Å². The highest BCUT2D eigenvalue weighted by atomic mass is 16.5. The van der Waals surface area contributed by atoms with Crippen LogP contribution in [0.3, 0.4) is 0 Å². The van der Waals surface area contributed by atoms with Crippen molar-refractivity contribution >= 4 is 17.2 Å². The molecular weight excluding hydrogens is 330 g/mol. The van der Waals surface area contributed by atoms with Crippen LogP contribution in [0.25, 0.3) is 22.2 Å². The number of hydrogen-bond donors (Lipinski definition) is 3. The molecule has 0 saturated carbocycles. The SMILES string of the molecule is C1=NC(c2[nH]nc3ccc(-c4ccn[nH]4)cc23)C=C(N2CCOCC2)N1. The first kappa shape index (κ1) is 15.2. The highest BCUT2D eigenvalue weighted by Crippen LogP contribution is 2.30. The first-order valence-corrected chi connectivity index (χ1v) is 8.69. The molecule has 2 aromatic heterocycles. The fourth-order valence-electron chi connectivity index (χ4n) is 3.42.